The fourth-order valence-corrected chi connectivity index (χ4v) is 5.47. The van der Waals surface area contributed by atoms with Gasteiger partial charge in [-0.3, -0.25) is 9.10 Å². The molecule has 0 saturated carbocycles. The first-order valence-corrected chi connectivity index (χ1v) is 12.4. The van der Waals surface area contributed by atoms with Crippen molar-refractivity contribution < 1.29 is 27.4 Å². The molecule has 1 heterocycles. The smallest absolute Gasteiger partial charge is 0.248 e. The average Bonchev–Trinajstić information content (AvgIpc) is 2.81. The first-order valence-electron chi connectivity index (χ1n) is 10.7. The highest BCUT2D eigenvalue weighted by Crippen LogP contribution is 2.38. The van der Waals surface area contributed by atoms with Gasteiger partial charge in [-0.15, -0.1) is 0 Å². The van der Waals surface area contributed by atoms with Crippen molar-refractivity contribution in [1.29, 1.82) is 0 Å². The Morgan fingerprint density at radius 1 is 1.09 bits per heavy atom. The molecule has 0 aromatic heterocycles. The van der Waals surface area contributed by atoms with Crippen LogP contribution in [-0.4, -0.2) is 48.0 Å². The molecule has 2 aromatic rings. The quantitative estimate of drug-likeness (QED) is 0.555. The second-order valence-electron chi connectivity index (χ2n) is 7.62. The maximum atomic E-state index is 12.6. The molecule has 0 fully saturated rings. The summed E-state index contributed by atoms with van der Waals surface area (Å²) in [4.78, 5) is 12.5. The van der Waals surface area contributed by atoms with E-state index in [4.69, 9.17) is 14.2 Å². The van der Waals surface area contributed by atoms with Gasteiger partial charge in [0.1, 0.15) is 0 Å². The number of carbonyl (C=O) groups is 1. The van der Waals surface area contributed by atoms with Crippen molar-refractivity contribution in [3.05, 3.63) is 47.5 Å². The molecule has 1 aliphatic heterocycles. The van der Waals surface area contributed by atoms with Crippen LogP contribution in [0.25, 0.3) is 6.08 Å². The summed E-state index contributed by atoms with van der Waals surface area (Å²) < 4.78 is 42.6. The summed E-state index contributed by atoms with van der Waals surface area (Å²) in [5, 5.41) is 2.84. The molecule has 33 heavy (non-hydrogen) atoms. The molecule has 0 saturated heterocycles. The highest BCUT2D eigenvalue weighted by molar-refractivity contribution is 7.92. The van der Waals surface area contributed by atoms with E-state index < -0.39 is 10.0 Å². The third-order valence-electron chi connectivity index (χ3n) is 5.34. The van der Waals surface area contributed by atoms with Gasteiger partial charge in [-0.25, -0.2) is 8.42 Å². The Kier molecular flexibility index (Phi) is 7.86. The van der Waals surface area contributed by atoms with Gasteiger partial charge in [0.15, 0.2) is 11.5 Å². The van der Waals surface area contributed by atoms with Gasteiger partial charge in [0.25, 0.3) is 0 Å². The van der Waals surface area contributed by atoms with Crippen molar-refractivity contribution in [3.8, 4) is 17.2 Å². The predicted molar refractivity (Wildman–Crippen MR) is 130 cm³/mol. The molecule has 0 aliphatic carbocycles. The molecule has 1 amide bonds. The number of carbonyl (C=O) groups excluding carboxylic acids is 1. The summed E-state index contributed by atoms with van der Waals surface area (Å²) in [7, 11) is 1.25. The maximum Gasteiger partial charge on any atom is 0.248 e. The van der Waals surface area contributed by atoms with E-state index in [2.05, 4.69) is 5.32 Å². The van der Waals surface area contributed by atoms with E-state index in [1.54, 1.807) is 30.3 Å². The Labute approximate surface area is 195 Å². The summed E-state index contributed by atoms with van der Waals surface area (Å²) in [5.74, 6) is 1.28. The van der Waals surface area contributed by atoms with E-state index in [0.717, 1.165) is 18.4 Å². The van der Waals surface area contributed by atoms with Crippen LogP contribution in [0.4, 0.5) is 11.4 Å². The van der Waals surface area contributed by atoms with Crippen molar-refractivity contribution in [1.82, 2.24) is 0 Å². The third-order valence-corrected chi connectivity index (χ3v) is 7.31. The molecule has 0 atom stereocenters. The van der Waals surface area contributed by atoms with Crippen LogP contribution < -0.4 is 23.8 Å². The van der Waals surface area contributed by atoms with Gasteiger partial charge < -0.3 is 19.5 Å². The van der Waals surface area contributed by atoms with Crippen LogP contribution in [0.3, 0.4) is 0 Å². The van der Waals surface area contributed by atoms with Gasteiger partial charge >= 0.3 is 0 Å². The second-order valence-corrected chi connectivity index (χ2v) is 9.63. The molecule has 2 aromatic carbocycles. The number of amides is 1. The zero-order valence-electron chi connectivity index (χ0n) is 19.4. The SMILES string of the molecule is CCCS(=O)(=O)N1CCCc2cc(NC(=O)/C=C/c3cc(OC)c(OC)c(OC)c3)ccc21. The molecule has 0 spiro atoms. The Bertz CT molecular complexity index is 1120. The Hall–Kier alpha value is -3.20. The van der Waals surface area contributed by atoms with E-state index in [-0.39, 0.29) is 11.7 Å². The maximum absolute atomic E-state index is 12.6. The largest absolute Gasteiger partial charge is 0.493 e. The van der Waals surface area contributed by atoms with Crippen LogP contribution in [0.1, 0.15) is 30.9 Å². The van der Waals surface area contributed by atoms with Crippen molar-refractivity contribution in [2.24, 2.45) is 0 Å². The molecular weight excluding hydrogens is 444 g/mol. The molecule has 1 N–H and O–H groups in total. The number of aryl methyl sites for hydroxylation is 1. The van der Waals surface area contributed by atoms with Crippen LogP contribution in [0, 0.1) is 0 Å². The molecule has 0 bridgehead atoms. The predicted octanol–water partition coefficient (Wildman–Crippen LogP) is 3.86. The summed E-state index contributed by atoms with van der Waals surface area (Å²) in [6.45, 7) is 2.34. The van der Waals surface area contributed by atoms with Gasteiger partial charge in [0.05, 0.1) is 32.8 Å². The van der Waals surface area contributed by atoms with E-state index in [1.807, 2.05) is 13.0 Å². The van der Waals surface area contributed by atoms with Gasteiger partial charge in [0.2, 0.25) is 21.7 Å². The topological polar surface area (TPSA) is 94.2 Å². The number of ether oxygens (including phenoxy) is 3. The van der Waals surface area contributed by atoms with Crippen LogP contribution in [0.5, 0.6) is 17.2 Å². The Morgan fingerprint density at radius 2 is 1.79 bits per heavy atom. The molecule has 3 rings (SSSR count). The van der Waals surface area contributed by atoms with Crippen LogP contribution >= 0.6 is 0 Å². The van der Waals surface area contributed by atoms with Crippen LogP contribution in [0.2, 0.25) is 0 Å². The Morgan fingerprint density at radius 3 is 2.39 bits per heavy atom. The first-order chi connectivity index (χ1) is 15.8. The lowest BCUT2D eigenvalue weighted by molar-refractivity contribution is -0.111. The molecule has 9 heteroatoms. The van der Waals surface area contributed by atoms with Crippen molar-refractivity contribution in [2.45, 2.75) is 26.2 Å². The number of nitrogens with zero attached hydrogens (tertiary/aromatic N) is 1. The number of hydrogen-bond acceptors (Lipinski definition) is 6. The summed E-state index contributed by atoms with van der Waals surface area (Å²) in [6.07, 6.45) is 5.14. The lowest BCUT2D eigenvalue weighted by Gasteiger charge is -2.30. The summed E-state index contributed by atoms with van der Waals surface area (Å²) in [5.41, 5.74) is 2.93. The zero-order valence-corrected chi connectivity index (χ0v) is 20.2. The summed E-state index contributed by atoms with van der Waals surface area (Å²) >= 11 is 0. The van der Waals surface area contributed by atoms with Gasteiger partial charge in [0, 0.05) is 18.3 Å². The van der Waals surface area contributed by atoms with Gasteiger partial charge in [-0.1, -0.05) is 6.92 Å². The number of anilines is 2. The van der Waals surface area contributed by atoms with Crippen LogP contribution in [0.15, 0.2) is 36.4 Å². The van der Waals surface area contributed by atoms with E-state index in [0.29, 0.717) is 47.2 Å². The lowest BCUT2D eigenvalue weighted by Crippen LogP contribution is -2.37. The number of benzene rings is 2. The molecule has 0 unspecified atom stereocenters. The highest BCUT2D eigenvalue weighted by atomic mass is 32.2. The number of nitrogens with one attached hydrogen (secondary N) is 1. The standard InChI is InChI=1S/C24H30N2O6S/c1-5-13-33(28,29)26-12-6-7-18-16-19(9-10-20(18)26)25-23(27)11-8-17-14-21(30-2)24(32-4)22(15-17)31-3/h8-11,14-16H,5-7,12-13H2,1-4H3,(H,25,27)/b11-8+. The number of methoxy groups -OCH3 is 3. The number of sulfonamides is 1. The summed E-state index contributed by atoms with van der Waals surface area (Å²) in [6, 6.07) is 8.82. The van der Waals surface area contributed by atoms with Gasteiger partial charge in [-0.2, -0.15) is 0 Å². The monoisotopic (exact) mass is 474 g/mol. The molecule has 0 radical (unpaired) electrons. The van der Waals surface area contributed by atoms with Crippen LogP contribution in [-0.2, 0) is 21.2 Å². The number of hydrogen-bond donors (Lipinski definition) is 1. The average molecular weight is 475 g/mol. The minimum absolute atomic E-state index is 0.122. The van der Waals surface area contributed by atoms with E-state index in [1.165, 1.54) is 31.7 Å². The van der Waals surface area contributed by atoms with E-state index >= 15 is 0 Å². The molecule has 8 nitrogen and oxygen atoms in total. The lowest BCUT2D eigenvalue weighted by atomic mass is 10.0. The minimum Gasteiger partial charge on any atom is -0.493 e. The molecule has 1 aliphatic rings. The number of rotatable bonds is 9. The normalized spacial score (nSPS) is 13.5. The van der Waals surface area contributed by atoms with Crippen molar-refractivity contribution in [2.75, 3.05) is 43.2 Å². The first kappa shape index (κ1) is 24.4. The van der Waals surface area contributed by atoms with Crippen molar-refractivity contribution in [3.63, 3.8) is 0 Å². The highest BCUT2D eigenvalue weighted by Gasteiger charge is 2.26. The minimum atomic E-state index is -3.33. The molecular formula is C24H30N2O6S. The van der Waals surface area contributed by atoms with Gasteiger partial charge in [-0.05, 0) is 66.8 Å². The molecule has 178 valence electrons. The van der Waals surface area contributed by atoms with E-state index in [9.17, 15) is 13.2 Å². The third kappa shape index (κ3) is 5.60. The van der Waals surface area contributed by atoms with Crippen molar-refractivity contribution >= 4 is 33.4 Å². The fraction of sp³-hybridized carbons (Fsp3) is 0.375. The zero-order chi connectivity index (χ0) is 24.0. The Balaban J connectivity index is 1.76. The second kappa shape index (κ2) is 10.6. The fourth-order valence-electron chi connectivity index (χ4n) is 3.85. The number of fused-ring (bicyclic) bond motifs is 1.